The summed E-state index contributed by atoms with van der Waals surface area (Å²) in [4.78, 5) is 0. The SMILES string of the molecule is CC(C)(C)c1ccc(Cc2ccc(C(C)(C)C)cc2-c2cccc3c2C(C)(C)CCC3(C)C)cc1. The maximum Gasteiger partial charge on any atom is -0.00196 e. The molecule has 0 aromatic heterocycles. The number of hydrogen-bond donors (Lipinski definition) is 0. The predicted octanol–water partition coefficient (Wildman–Crippen LogP) is 9.89. The zero-order valence-corrected chi connectivity index (χ0v) is 23.9. The Kier molecular flexibility index (Phi) is 6.36. The van der Waals surface area contributed by atoms with Gasteiger partial charge in [0.1, 0.15) is 0 Å². The molecule has 0 fully saturated rings. The molecular weight excluding hydrogens is 420 g/mol. The highest BCUT2D eigenvalue weighted by Gasteiger charge is 2.39. The van der Waals surface area contributed by atoms with Crippen molar-refractivity contribution in [2.24, 2.45) is 0 Å². The first-order valence-corrected chi connectivity index (χ1v) is 13.5. The van der Waals surface area contributed by atoms with Crippen LogP contribution in [0.3, 0.4) is 0 Å². The first kappa shape index (κ1) is 25.7. The Morgan fingerprint density at radius 1 is 0.629 bits per heavy atom. The minimum Gasteiger partial charge on any atom is -0.0613 e. The van der Waals surface area contributed by atoms with E-state index in [1.165, 1.54) is 51.8 Å². The molecule has 0 spiro atoms. The van der Waals surface area contributed by atoms with E-state index in [1.54, 1.807) is 5.56 Å². The number of rotatable bonds is 3. The molecule has 186 valence electrons. The molecule has 35 heavy (non-hydrogen) atoms. The van der Waals surface area contributed by atoms with E-state index in [2.05, 4.69) is 130 Å². The summed E-state index contributed by atoms with van der Waals surface area (Å²) in [6.45, 7) is 23.6. The fourth-order valence-corrected chi connectivity index (χ4v) is 5.74. The monoisotopic (exact) mass is 466 g/mol. The van der Waals surface area contributed by atoms with Crippen LogP contribution in [0.15, 0.2) is 60.7 Å². The smallest absolute Gasteiger partial charge is 0.00196 e. The summed E-state index contributed by atoms with van der Waals surface area (Å²) in [5.41, 5.74) is 12.2. The molecule has 0 bridgehead atoms. The van der Waals surface area contributed by atoms with E-state index < -0.39 is 0 Å². The third-order valence-electron chi connectivity index (χ3n) is 8.33. The van der Waals surface area contributed by atoms with E-state index in [9.17, 15) is 0 Å². The van der Waals surface area contributed by atoms with E-state index in [0.717, 1.165) is 6.42 Å². The fourth-order valence-electron chi connectivity index (χ4n) is 5.74. The van der Waals surface area contributed by atoms with Crippen LogP contribution in [0.5, 0.6) is 0 Å². The van der Waals surface area contributed by atoms with Gasteiger partial charge in [-0.05, 0) is 85.4 Å². The van der Waals surface area contributed by atoms with Gasteiger partial charge < -0.3 is 0 Å². The van der Waals surface area contributed by atoms with Crippen LogP contribution in [0.2, 0.25) is 0 Å². The second kappa shape index (κ2) is 8.65. The predicted molar refractivity (Wildman–Crippen MR) is 154 cm³/mol. The van der Waals surface area contributed by atoms with E-state index in [-0.39, 0.29) is 21.7 Å². The molecule has 0 heterocycles. The zero-order valence-electron chi connectivity index (χ0n) is 23.9. The van der Waals surface area contributed by atoms with Crippen LogP contribution in [0.25, 0.3) is 11.1 Å². The van der Waals surface area contributed by atoms with Gasteiger partial charge in [0.05, 0.1) is 0 Å². The number of hydrogen-bond acceptors (Lipinski definition) is 0. The Morgan fingerprint density at radius 3 is 1.80 bits per heavy atom. The molecule has 0 heteroatoms. The van der Waals surface area contributed by atoms with Crippen molar-refractivity contribution in [3.05, 3.63) is 94.0 Å². The molecule has 0 saturated carbocycles. The van der Waals surface area contributed by atoms with Gasteiger partial charge in [0.2, 0.25) is 0 Å². The van der Waals surface area contributed by atoms with Gasteiger partial charge in [0, 0.05) is 0 Å². The third kappa shape index (κ3) is 5.13. The lowest BCUT2D eigenvalue weighted by Crippen LogP contribution is -2.34. The van der Waals surface area contributed by atoms with Crippen molar-refractivity contribution in [1.82, 2.24) is 0 Å². The van der Waals surface area contributed by atoms with Gasteiger partial charge >= 0.3 is 0 Å². The first-order valence-electron chi connectivity index (χ1n) is 13.5. The van der Waals surface area contributed by atoms with Crippen LogP contribution in [0, 0.1) is 0 Å². The lowest BCUT2D eigenvalue weighted by Gasteiger charge is -2.43. The van der Waals surface area contributed by atoms with E-state index in [4.69, 9.17) is 0 Å². The van der Waals surface area contributed by atoms with Gasteiger partial charge in [-0.15, -0.1) is 0 Å². The molecule has 0 nitrogen and oxygen atoms in total. The molecule has 4 rings (SSSR count). The van der Waals surface area contributed by atoms with Crippen molar-refractivity contribution in [1.29, 1.82) is 0 Å². The minimum atomic E-state index is 0.116. The Bertz CT molecular complexity index is 1200. The molecule has 0 radical (unpaired) electrons. The maximum absolute atomic E-state index is 2.49. The van der Waals surface area contributed by atoms with Crippen LogP contribution in [0.4, 0.5) is 0 Å². The molecule has 3 aromatic rings. The van der Waals surface area contributed by atoms with Crippen molar-refractivity contribution in [3.63, 3.8) is 0 Å². The highest BCUT2D eigenvalue weighted by Crippen LogP contribution is 2.50. The summed E-state index contributed by atoms with van der Waals surface area (Å²) in [5, 5.41) is 0. The summed E-state index contributed by atoms with van der Waals surface area (Å²) in [6, 6.07) is 23.6. The highest BCUT2D eigenvalue weighted by molar-refractivity contribution is 5.75. The van der Waals surface area contributed by atoms with Crippen LogP contribution in [0.1, 0.15) is 115 Å². The quantitative estimate of drug-likeness (QED) is 0.360. The van der Waals surface area contributed by atoms with Gasteiger partial charge in [-0.3, -0.25) is 0 Å². The van der Waals surface area contributed by atoms with Gasteiger partial charge in [0.15, 0.2) is 0 Å². The largest absolute Gasteiger partial charge is 0.0613 e. The second-order valence-corrected chi connectivity index (χ2v) is 14.2. The van der Waals surface area contributed by atoms with Crippen LogP contribution in [-0.4, -0.2) is 0 Å². The molecule has 0 saturated heterocycles. The summed E-state index contributed by atoms with van der Waals surface area (Å²) < 4.78 is 0. The van der Waals surface area contributed by atoms with Crippen molar-refractivity contribution in [3.8, 4) is 11.1 Å². The molecule has 0 N–H and O–H groups in total. The maximum atomic E-state index is 2.49. The zero-order chi connectivity index (χ0) is 25.8. The fraction of sp³-hybridized carbons (Fsp3) is 0.486. The first-order chi connectivity index (χ1) is 16.1. The number of fused-ring (bicyclic) bond motifs is 1. The Labute approximate surface area is 215 Å². The van der Waals surface area contributed by atoms with Crippen molar-refractivity contribution in [2.75, 3.05) is 0 Å². The number of benzene rings is 3. The van der Waals surface area contributed by atoms with Crippen molar-refractivity contribution >= 4 is 0 Å². The average Bonchev–Trinajstić information content (AvgIpc) is 2.76. The molecule has 1 aliphatic carbocycles. The van der Waals surface area contributed by atoms with Crippen LogP contribution < -0.4 is 0 Å². The Morgan fingerprint density at radius 2 is 1.20 bits per heavy atom. The lowest BCUT2D eigenvalue weighted by molar-refractivity contribution is 0.333. The minimum absolute atomic E-state index is 0.116. The Hall–Kier alpha value is -2.34. The lowest BCUT2D eigenvalue weighted by atomic mass is 9.61. The van der Waals surface area contributed by atoms with Gasteiger partial charge in [-0.1, -0.05) is 130 Å². The summed E-state index contributed by atoms with van der Waals surface area (Å²) >= 11 is 0. The summed E-state index contributed by atoms with van der Waals surface area (Å²) in [5.74, 6) is 0. The van der Waals surface area contributed by atoms with Gasteiger partial charge in [-0.2, -0.15) is 0 Å². The second-order valence-electron chi connectivity index (χ2n) is 14.2. The topological polar surface area (TPSA) is 0 Å². The standard InChI is InChI=1S/C35H46/c1-32(2,3)26-17-14-24(15-18-26)22-25-16-19-27(33(4,5)6)23-29(25)28-12-11-13-30-31(28)35(9,10)21-20-34(30,7)8/h11-19,23H,20-22H2,1-10H3. The molecule has 0 atom stereocenters. The third-order valence-corrected chi connectivity index (χ3v) is 8.33. The van der Waals surface area contributed by atoms with Crippen molar-refractivity contribution < 1.29 is 0 Å². The summed E-state index contributed by atoms with van der Waals surface area (Å²) in [6.07, 6.45) is 3.43. The molecule has 1 aliphatic rings. The van der Waals surface area contributed by atoms with Crippen LogP contribution in [-0.2, 0) is 28.1 Å². The van der Waals surface area contributed by atoms with Gasteiger partial charge in [0.25, 0.3) is 0 Å². The Balaban J connectivity index is 1.89. The van der Waals surface area contributed by atoms with E-state index >= 15 is 0 Å². The average molecular weight is 467 g/mol. The highest BCUT2D eigenvalue weighted by atomic mass is 14.4. The van der Waals surface area contributed by atoms with E-state index in [0.29, 0.717) is 0 Å². The summed E-state index contributed by atoms with van der Waals surface area (Å²) in [7, 11) is 0. The van der Waals surface area contributed by atoms with Crippen LogP contribution >= 0.6 is 0 Å². The molecule has 0 unspecified atom stereocenters. The molecule has 3 aromatic carbocycles. The van der Waals surface area contributed by atoms with E-state index in [1.807, 2.05) is 0 Å². The molecular formula is C35H46. The van der Waals surface area contributed by atoms with Crippen molar-refractivity contribution in [2.45, 2.75) is 110 Å². The normalized spacial score (nSPS) is 17.2. The van der Waals surface area contributed by atoms with Gasteiger partial charge in [-0.25, -0.2) is 0 Å². The molecule has 0 aliphatic heterocycles. The molecule has 0 amide bonds.